The van der Waals surface area contributed by atoms with Crippen molar-refractivity contribution >= 4 is 52.6 Å². The summed E-state index contributed by atoms with van der Waals surface area (Å²) in [7, 11) is 0. The van der Waals surface area contributed by atoms with E-state index in [4.69, 9.17) is 0 Å². The Labute approximate surface area is 143 Å². The highest BCUT2D eigenvalue weighted by Gasteiger charge is 2.85. The van der Waals surface area contributed by atoms with Crippen molar-refractivity contribution in [3.63, 3.8) is 0 Å². The number of rotatable bonds is 5. The van der Waals surface area contributed by atoms with E-state index >= 15 is 0 Å². The number of carboxylic acid groups (broad SMARTS) is 1. The van der Waals surface area contributed by atoms with E-state index in [2.05, 4.69) is 15.5 Å². The molecule has 11 heteroatoms. The molecule has 2 N–H and O–H groups in total. The van der Waals surface area contributed by atoms with E-state index in [0.717, 1.165) is 0 Å². The van der Waals surface area contributed by atoms with Crippen LogP contribution in [-0.2, 0) is 14.4 Å². The summed E-state index contributed by atoms with van der Waals surface area (Å²) in [6.07, 6.45) is 0.468. The third-order valence-corrected chi connectivity index (χ3v) is 8.10. The number of aromatic nitrogens is 2. The SMILES string of the molecule is CC12CC1(C(=O)O)N1C(=O)C(NC(=O)CSc3nncs3)[C@@H]1S2. The van der Waals surface area contributed by atoms with E-state index in [9.17, 15) is 19.5 Å². The second-order valence-electron chi connectivity index (χ2n) is 5.83. The summed E-state index contributed by atoms with van der Waals surface area (Å²) in [5, 5.41) is 19.4. The van der Waals surface area contributed by atoms with E-state index in [0.29, 0.717) is 10.8 Å². The number of aliphatic carboxylic acids is 1. The molecule has 1 aromatic rings. The first-order valence-electron chi connectivity index (χ1n) is 6.82. The smallest absolute Gasteiger partial charge is 0.331 e. The number of carbonyl (C=O) groups excluding carboxylic acids is 2. The first-order chi connectivity index (χ1) is 10.9. The van der Waals surface area contributed by atoms with Crippen LogP contribution >= 0.6 is 34.9 Å². The van der Waals surface area contributed by atoms with Gasteiger partial charge in [0.2, 0.25) is 11.8 Å². The molecule has 3 heterocycles. The molecular weight excluding hydrogens is 360 g/mol. The van der Waals surface area contributed by atoms with Crippen LogP contribution in [0.15, 0.2) is 9.85 Å². The lowest BCUT2D eigenvalue weighted by molar-refractivity contribution is -0.163. The maximum absolute atomic E-state index is 12.3. The normalized spacial score (nSPS) is 36.9. The van der Waals surface area contributed by atoms with Gasteiger partial charge in [-0.15, -0.1) is 22.0 Å². The Morgan fingerprint density at radius 1 is 1.61 bits per heavy atom. The van der Waals surface area contributed by atoms with Gasteiger partial charge in [-0.2, -0.15) is 0 Å². The zero-order chi connectivity index (χ0) is 16.4. The van der Waals surface area contributed by atoms with Crippen LogP contribution < -0.4 is 5.32 Å². The highest BCUT2D eigenvalue weighted by atomic mass is 32.2. The number of amides is 2. The standard InChI is InChI=1S/C12H12N4O4S3/c1-11-3-12(11,9(19)20)16-7(18)6(8(16)23-11)14-5(17)2-21-10-15-13-4-22-10/h4,6,8H,2-3H2,1H3,(H,14,17)(H,19,20)/t6?,8-,11?,12?/m0/s1. The first-order valence-corrected chi connectivity index (χ1v) is 9.56. The van der Waals surface area contributed by atoms with E-state index in [1.807, 2.05) is 6.92 Å². The predicted octanol–water partition coefficient (Wildman–Crippen LogP) is 0.0159. The molecule has 2 saturated heterocycles. The second-order valence-corrected chi connectivity index (χ2v) is 9.50. The van der Waals surface area contributed by atoms with Gasteiger partial charge in [-0.1, -0.05) is 23.1 Å². The molecule has 122 valence electrons. The summed E-state index contributed by atoms with van der Waals surface area (Å²) in [5.74, 6) is -1.38. The van der Waals surface area contributed by atoms with Crippen molar-refractivity contribution in [2.24, 2.45) is 0 Å². The molecule has 1 saturated carbocycles. The van der Waals surface area contributed by atoms with Gasteiger partial charge < -0.3 is 15.3 Å². The molecule has 0 spiro atoms. The minimum absolute atomic E-state index is 0.150. The molecule has 3 aliphatic rings. The van der Waals surface area contributed by atoms with Gasteiger partial charge in [-0.3, -0.25) is 9.59 Å². The van der Waals surface area contributed by atoms with Crippen LogP contribution in [0.3, 0.4) is 0 Å². The van der Waals surface area contributed by atoms with E-state index in [1.54, 1.807) is 5.51 Å². The number of carbonyl (C=O) groups is 3. The van der Waals surface area contributed by atoms with Crippen molar-refractivity contribution in [3.8, 4) is 0 Å². The van der Waals surface area contributed by atoms with Crippen LogP contribution in [0.1, 0.15) is 13.3 Å². The van der Waals surface area contributed by atoms with Crippen LogP contribution in [0.4, 0.5) is 0 Å². The average Bonchev–Trinajstić information content (AvgIpc) is 2.87. The molecular formula is C12H12N4O4S3. The van der Waals surface area contributed by atoms with Gasteiger partial charge in [0.15, 0.2) is 9.88 Å². The molecule has 1 aromatic heterocycles. The van der Waals surface area contributed by atoms with Gasteiger partial charge in [-0.25, -0.2) is 4.79 Å². The predicted molar refractivity (Wildman–Crippen MR) is 84.2 cm³/mol. The minimum atomic E-state index is -1.08. The maximum Gasteiger partial charge on any atom is 0.331 e. The fourth-order valence-corrected chi connectivity index (χ4v) is 6.50. The van der Waals surface area contributed by atoms with Crippen LogP contribution in [0.2, 0.25) is 0 Å². The largest absolute Gasteiger partial charge is 0.479 e. The van der Waals surface area contributed by atoms with Crippen molar-refractivity contribution in [3.05, 3.63) is 5.51 Å². The summed E-state index contributed by atoms with van der Waals surface area (Å²) in [6, 6.07) is -0.636. The molecule has 8 nitrogen and oxygen atoms in total. The topological polar surface area (TPSA) is 112 Å². The number of hydrogen-bond acceptors (Lipinski definition) is 8. The van der Waals surface area contributed by atoms with Crippen LogP contribution in [0.5, 0.6) is 0 Å². The lowest BCUT2D eigenvalue weighted by Gasteiger charge is -2.45. The summed E-state index contributed by atoms with van der Waals surface area (Å²) in [6.45, 7) is 1.86. The number of carboxylic acids is 1. The van der Waals surface area contributed by atoms with Gasteiger partial charge in [0, 0.05) is 6.42 Å². The minimum Gasteiger partial charge on any atom is -0.479 e. The quantitative estimate of drug-likeness (QED) is 0.549. The fraction of sp³-hybridized carbons (Fsp3) is 0.583. The van der Waals surface area contributed by atoms with Crippen molar-refractivity contribution in [1.29, 1.82) is 0 Å². The van der Waals surface area contributed by atoms with Gasteiger partial charge in [-0.05, 0) is 6.92 Å². The molecule has 4 atom stereocenters. The summed E-state index contributed by atoms with van der Waals surface area (Å²) in [5.41, 5.74) is 0.503. The number of nitrogens with one attached hydrogen (secondary N) is 1. The maximum atomic E-state index is 12.3. The Hall–Kier alpha value is -1.33. The Balaban J connectivity index is 1.38. The Bertz CT molecular complexity index is 713. The van der Waals surface area contributed by atoms with Crippen molar-refractivity contribution in [2.75, 3.05) is 5.75 Å². The van der Waals surface area contributed by atoms with E-state index in [1.165, 1.54) is 39.8 Å². The molecule has 23 heavy (non-hydrogen) atoms. The average molecular weight is 372 g/mol. The number of nitrogens with zero attached hydrogens (tertiary/aromatic N) is 3. The van der Waals surface area contributed by atoms with Gasteiger partial charge in [0.1, 0.15) is 16.9 Å². The third kappa shape index (κ3) is 1.96. The second kappa shape index (κ2) is 4.84. The summed E-state index contributed by atoms with van der Waals surface area (Å²) < 4.78 is 0.246. The highest BCUT2D eigenvalue weighted by molar-refractivity contribution is 8.02. The van der Waals surface area contributed by atoms with Gasteiger partial charge in [0.05, 0.1) is 10.5 Å². The molecule has 0 radical (unpaired) electrons. The van der Waals surface area contributed by atoms with E-state index in [-0.39, 0.29) is 22.9 Å². The molecule has 3 fully saturated rings. The van der Waals surface area contributed by atoms with Crippen molar-refractivity contribution in [2.45, 2.75) is 39.4 Å². The first kappa shape index (κ1) is 15.2. The van der Waals surface area contributed by atoms with Crippen LogP contribution in [-0.4, -0.2) is 65.4 Å². The highest BCUT2D eigenvalue weighted by Crippen LogP contribution is 2.71. The molecule has 0 aromatic carbocycles. The van der Waals surface area contributed by atoms with Crippen LogP contribution in [0.25, 0.3) is 0 Å². The molecule has 3 unspecified atom stereocenters. The number of thioether (sulfide) groups is 2. The fourth-order valence-electron chi connectivity index (χ4n) is 3.29. The lowest BCUT2D eigenvalue weighted by Crippen LogP contribution is -2.72. The lowest BCUT2D eigenvalue weighted by atomic mass is 10.0. The zero-order valence-corrected chi connectivity index (χ0v) is 14.3. The third-order valence-electron chi connectivity index (χ3n) is 4.52. The van der Waals surface area contributed by atoms with Crippen LogP contribution in [0, 0.1) is 0 Å². The van der Waals surface area contributed by atoms with Gasteiger partial charge in [0.25, 0.3) is 0 Å². The molecule has 2 amide bonds. The Morgan fingerprint density at radius 3 is 3.04 bits per heavy atom. The molecule has 2 aliphatic heterocycles. The number of hydrogen-bond donors (Lipinski definition) is 2. The molecule has 4 rings (SSSR count). The number of β-lactam (4-membered cyclic amide) rings is 1. The Morgan fingerprint density at radius 2 is 2.39 bits per heavy atom. The molecule has 0 bridgehead atoms. The Kier molecular flexibility index (Phi) is 3.20. The summed E-state index contributed by atoms with van der Waals surface area (Å²) >= 11 is 4.07. The van der Waals surface area contributed by atoms with Crippen molar-refractivity contribution in [1.82, 2.24) is 20.4 Å². The molecule has 1 aliphatic carbocycles. The van der Waals surface area contributed by atoms with Crippen molar-refractivity contribution < 1.29 is 19.5 Å². The monoisotopic (exact) mass is 372 g/mol. The van der Waals surface area contributed by atoms with Gasteiger partial charge >= 0.3 is 5.97 Å². The number of fused-ring (bicyclic) bond motifs is 3. The summed E-state index contributed by atoms with van der Waals surface area (Å²) in [4.78, 5) is 37.3. The zero-order valence-electron chi connectivity index (χ0n) is 11.9. The van der Waals surface area contributed by atoms with E-state index < -0.39 is 22.3 Å².